The number of nitrogens with two attached hydrogens (primary N) is 1. The van der Waals surface area contributed by atoms with Gasteiger partial charge in [-0.3, -0.25) is 4.79 Å². The molecule has 1 atom stereocenters. The number of piperidine rings is 1. The van der Waals surface area contributed by atoms with Crippen LogP contribution in [0.2, 0.25) is 0 Å². The molecule has 1 amide bonds. The van der Waals surface area contributed by atoms with Crippen molar-refractivity contribution in [2.24, 2.45) is 11.7 Å². The number of fused-ring (bicyclic) bond motifs is 1. The first-order valence-corrected chi connectivity index (χ1v) is 8.69. The number of aromatic nitrogens is 2. The fourth-order valence-corrected chi connectivity index (χ4v) is 3.47. The molecule has 2 aromatic carbocycles. The van der Waals surface area contributed by atoms with Crippen LogP contribution in [0.4, 0.5) is 10.2 Å². The van der Waals surface area contributed by atoms with Crippen LogP contribution in [0.5, 0.6) is 0 Å². The molecule has 4 rings (SSSR count). The first kappa shape index (κ1) is 16.4. The number of amides is 1. The summed E-state index contributed by atoms with van der Waals surface area (Å²) in [4.78, 5) is 22.9. The summed E-state index contributed by atoms with van der Waals surface area (Å²) in [6, 6.07) is 14.1. The molecule has 0 aliphatic carbocycles. The molecule has 3 aromatic rings. The lowest BCUT2D eigenvalue weighted by molar-refractivity contribution is -0.122. The molecule has 2 heterocycles. The van der Waals surface area contributed by atoms with Gasteiger partial charge in [-0.15, -0.1) is 0 Å². The normalized spacial score (nSPS) is 17.4. The monoisotopic (exact) mass is 350 g/mol. The lowest BCUT2D eigenvalue weighted by Crippen LogP contribution is -2.41. The molecule has 0 bridgehead atoms. The van der Waals surface area contributed by atoms with Crippen LogP contribution in [0, 0.1) is 11.7 Å². The lowest BCUT2D eigenvalue weighted by Gasteiger charge is -2.32. The minimum Gasteiger partial charge on any atom is -0.369 e. The number of rotatable bonds is 3. The van der Waals surface area contributed by atoms with Crippen LogP contribution in [0.15, 0.2) is 48.5 Å². The van der Waals surface area contributed by atoms with Crippen molar-refractivity contribution in [1.29, 1.82) is 0 Å². The van der Waals surface area contributed by atoms with Gasteiger partial charge in [-0.25, -0.2) is 14.4 Å². The minimum absolute atomic E-state index is 0.200. The summed E-state index contributed by atoms with van der Waals surface area (Å²) in [6.45, 7) is 1.30. The summed E-state index contributed by atoms with van der Waals surface area (Å²) < 4.78 is 14.3. The van der Waals surface area contributed by atoms with E-state index in [-0.39, 0.29) is 17.6 Å². The Hall–Kier alpha value is -3.02. The first-order valence-electron chi connectivity index (χ1n) is 8.69. The van der Waals surface area contributed by atoms with Crippen LogP contribution in [-0.2, 0) is 4.79 Å². The zero-order chi connectivity index (χ0) is 18.1. The number of hydrogen-bond acceptors (Lipinski definition) is 4. The number of benzene rings is 2. The number of carbonyl (C=O) groups excluding carboxylic acids is 1. The molecule has 0 saturated carbocycles. The number of hydrogen-bond donors (Lipinski definition) is 1. The number of para-hydroxylation sites is 1. The van der Waals surface area contributed by atoms with E-state index < -0.39 is 0 Å². The van der Waals surface area contributed by atoms with Gasteiger partial charge in [0.25, 0.3) is 0 Å². The Morgan fingerprint density at radius 1 is 1.12 bits per heavy atom. The van der Waals surface area contributed by atoms with Crippen LogP contribution in [0.1, 0.15) is 12.8 Å². The summed E-state index contributed by atoms with van der Waals surface area (Å²) in [5.41, 5.74) is 6.62. The van der Waals surface area contributed by atoms with E-state index >= 15 is 0 Å². The molecule has 5 nitrogen and oxygen atoms in total. The molecule has 1 aliphatic rings. The highest BCUT2D eigenvalue weighted by Crippen LogP contribution is 2.31. The van der Waals surface area contributed by atoms with Crippen LogP contribution in [-0.4, -0.2) is 29.0 Å². The molecule has 1 aliphatic heterocycles. The molecular weight excluding hydrogens is 331 g/mol. The van der Waals surface area contributed by atoms with E-state index in [1.807, 2.05) is 24.3 Å². The number of primary amides is 1. The molecule has 132 valence electrons. The van der Waals surface area contributed by atoms with E-state index in [1.54, 1.807) is 18.2 Å². The van der Waals surface area contributed by atoms with Crippen molar-refractivity contribution in [3.05, 3.63) is 54.3 Å². The Morgan fingerprint density at radius 3 is 2.69 bits per heavy atom. The third-order valence-electron chi connectivity index (χ3n) is 4.82. The van der Waals surface area contributed by atoms with E-state index in [9.17, 15) is 9.18 Å². The molecule has 26 heavy (non-hydrogen) atoms. The number of halogens is 1. The van der Waals surface area contributed by atoms with E-state index in [0.29, 0.717) is 17.9 Å². The van der Waals surface area contributed by atoms with Crippen molar-refractivity contribution in [3.63, 3.8) is 0 Å². The van der Waals surface area contributed by atoms with E-state index in [1.165, 1.54) is 6.07 Å². The van der Waals surface area contributed by atoms with Gasteiger partial charge in [0.2, 0.25) is 5.91 Å². The van der Waals surface area contributed by atoms with E-state index in [2.05, 4.69) is 14.9 Å². The summed E-state index contributed by atoms with van der Waals surface area (Å²) in [7, 11) is 0. The molecule has 6 heteroatoms. The van der Waals surface area contributed by atoms with Gasteiger partial charge in [0.15, 0.2) is 5.82 Å². The second-order valence-electron chi connectivity index (χ2n) is 6.56. The largest absolute Gasteiger partial charge is 0.369 e. The fraction of sp³-hybridized carbons (Fsp3) is 0.250. The fourth-order valence-electron chi connectivity index (χ4n) is 3.47. The van der Waals surface area contributed by atoms with Gasteiger partial charge in [0, 0.05) is 18.5 Å². The van der Waals surface area contributed by atoms with Crippen LogP contribution >= 0.6 is 0 Å². The summed E-state index contributed by atoms with van der Waals surface area (Å²) in [5.74, 6) is 0.219. The predicted molar refractivity (Wildman–Crippen MR) is 99.1 cm³/mol. The zero-order valence-electron chi connectivity index (χ0n) is 14.2. The zero-order valence-corrected chi connectivity index (χ0v) is 14.2. The highest BCUT2D eigenvalue weighted by molar-refractivity contribution is 5.91. The van der Waals surface area contributed by atoms with Crippen molar-refractivity contribution in [2.45, 2.75) is 12.8 Å². The van der Waals surface area contributed by atoms with E-state index in [0.717, 1.165) is 36.1 Å². The number of anilines is 1. The van der Waals surface area contributed by atoms with Gasteiger partial charge in [0.05, 0.1) is 17.0 Å². The average molecular weight is 350 g/mol. The Morgan fingerprint density at radius 2 is 1.88 bits per heavy atom. The van der Waals surface area contributed by atoms with Gasteiger partial charge >= 0.3 is 0 Å². The number of carbonyl (C=O) groups is 1. The van der Waals surface area contributed by atoms with Crippen LogP contribution in [0.3, 0.4) is 0 Å². The maximum atomic E-state index is 14.3. The third kappa shape index (κ3) is 2.98. The molecule has 1 saturated heterocycles. The van der Waals surface area contributed by atoms with Crippen molar-refractivity contribution >= 4 is 22.6 Å². The van der Waals surface area contributed by atoms with Gasteiger partial charge in [-0.1, -0.05) is 24.3 Å². The molecular formula is C20H19FN4O. The van der Waals surface area contributed by atoms with E-state index in [4.69, 9.17) is 5.73 Å². The molecule has 0 spiro atoms. The maximum Gasteiger partial charge on any atom is 0.222 e. The number of nitrogens with zero attached hydrogens (tertiary/aromatic N) is 3. The van der Waals surface area contributed by atoms with Gasteiger partial charge in [0.1, 0.15) is 11.6 Å². The first-order chi connectivity index (χ1) is 12.6. The topological polar surface area (TPSA) is 72.1 Å². The maximum absolute atomic E-state index is 14.3. The summed E-state index contributed by atoms with van der Waals surface area (Å²) in [5, 5.41) is 0.887. The van der Waals surface area contributed by atoms with Gasteiger partial charge in [-0.05, 0) is 37.1 Å². The Bertz CT molecular complexity index is 975. The van der Waals surface area contributed by atoms with Gasteiger partial charge in [-0.2, -0.15) is 0 Å². The second-order valence-corrected chi connectivity index (χ2v) is 6.56. The summed E-state index contributed by atoms with van der Waals surface area (Å²) >= 11 is 0. The molecule has 1 aromatic heterocycles. The Labute approximate surface area is 150 Å². The highest BCUT2D eigenvalue weighted by Gasteiger charge is 2.26. The van der Waals surface area contributed by atoms with Crippen molar-refractivity contribution in [1.82, 2.24) is 9.97 Å². The Kier molecular flexibility index (Phi) is 4.24. The van der Waals surface area contributed by atoms with Crippen LogP contribution in [0.25, 0.3) is 22.3 Å². The quantitative estimate of drug-likeness (QED) is 0.788. The van der Waals surface area contributed by atoms with Crippen molar-refractivity contribution in [3.8, 4) is 11.4 Å². The highest BCUT2D eigenvalue weighted by atomic mass is 19.1. The molecule has 2 N–H and O–H groups in total. The van der Waals surface area contributed by atoms with Crippen molar-refractivity contribution in [2.75, 3.05) is 18.0 Å². The molecule has 1 unspecified atom stereocenters. The van der Waals surface area contributed by atoms with Crippen molar-refractivity contribution < 1.29 is 9.18 Å². The van der Waals surface area contributed by atoms with Crippen LogP contribution < -0.4 is 10.6 Å². The second kappa shape index (κ2) is 6.71. The smallest absolute Gasteiger partial charge is 0.222 e. The Balaban J connectivity index is 1.85. The minimum atomic E-state index is -0.359. The molecule has 1 fully saturated rings. The average Bonchev–Trinajstić information content (AvgIpc) is 2.67. The van der Waals surface area contributed by atoms with Gasteiger partial charge < -0.3 is 10.6 Å². The summed E-state index contributed by atoms with van der Waals surface area (Å²) in [6.07, 6.45) is 1.65. The SMILES string of the molecule is NC(=O)C1CCCN(c2nc(-c3ccccc3F)nc3ccccc23)C1. The predicted octanol–water partition coefficient (Wildman–Crippen LogP) is 3.14. The molecule has 0 radical (unpaired) electrons. The standard InChI is InChI=1S/C20H19FN4O/c21-16-9-3-1-7-14(16)19-23-17-10-4-2-8-15(17)20(24-19)25-11-5-6-13(12-25)18(22)26/h1-4,7-10,13H,5-6,11-12H2,(H2,22,26). The third-order valence-corrected chi connectivity index (χ3v) is 4.82. The lowest BCUT2D eigenvalue weighted by atomic mass is 9.97.